The minimum absolute atomic E-state index is 0.0162. The van der Waals surface area contributed by atoms with Crippen LogP contribution in [0.15, 0.2) is 24.4 Å². The zero-order valence-corrected chi connectivity index (χ0v) is 19.3. The molecule has 1 aromatic carbocycles. The summed E-state index contributed by atoms with van der Waals surface area (Å²) >= 11 is 0. The molecule has 0 saturated heterocycles. The molecule has 4 rings (SSSR count). The summed E-state index contributed by atoms with van der Waals surface area (Å²) in [6.07, 6.45) is 8.83. The molecule has 2 aromatic rings. The molecule has 1 fully saturated rings. The summed E-state index contributed by atoms with van der Waals surface area (Å²) in [4.78, 5) is 36.0. The Morgan fingerprint density at radius 3 is 2.85 bits per heavy atom. The molecule has 33 heavy (non-hydrogen) atoms. The fourth-order valence-corrected chi connectivity index (χ4v) is 4.43. The number of anilines is 4. The van der Waals surface area contributed by atoms with E-state index >= 15 is 0 Å². The number of benzene rings is 1. The van der Waals surface area contributed by atoms with Crippen molar-refractivity contribution in [1.29, 1.82) is 0 Å². The second-order valence-electron chi connectivity index (χ2n) is 8.51. The van der Waals surface area contributed by atoms with Gasteiger partial charge in [0.25, 0.3) is 5.91 Å². The molecular formula is C24H32N6O3. The highest BCUT2D eigenvalue weighted by atomic mass is 16.5. The van der Waals surface area contributed by atoms with Crippen LogP contribution in [0.3, 0.4) is 0 Å². The highest BCUT2D eigenvalue weighted by Gasteiger charge is 2.28. The van der Waals surface area contributed by atoms with E-state index in [1.807, 2.05) is 6.92 Å². The number of fused-ring (bicyclic) bond motifs is 1. The van der Waals surface area contributed by atoms with E-state index in [-0.39, 0.29) is 11.8 Å². The number of hydrogen-bond acceptors (Lipinski definition) is 7. The second kappa shape index (κ2) is 10.5. The van der Waals surface area contributed by atoms with Gasteiger partial charge in [0.2, 0.25) is 11.9 Å². The van der Waals surface area contributed by atoms with Crippen LogP contribution in [0.2, 0.25) is 0 Å². The van der Waals surface area contributed by atoms with Crippen LogP contribution in [0.25, 0.3) is 0 Å². The third-order valence-corrected chi connectivity index (χ3v) is 6.16. The van der Waals surface area contributed by atoms with E-state index in [0.29, 0.717) is 54.2 Å². The van der Waals surface area contributed by atoms with Crippen molar-refractivity contribution in [2.45, 2.75) is 57.9 Å². The van der Waals surface area contributed by atoms with Crippen LogP contribution in [0.1, 0.15) is 62.2 Å². The maximum absolute atomic E-state index is 12.3. The number of carbonyl (C=O) groups excluding carboxylic acids is 2. The Labute approximate surface area is 194 Å². The number of amides is 2. The first kappa shape index (κ1) is 22.8. The van der Waals surface area contributed by atoms with Gasteiger partial charge in [0.05, 0.1) is 19.0 Å². The van der Waals surface area contributed by atoms with E-state index in [1.54, 1.807) is 31.5 Å². The molecule has 2 aliphatic rings. The average molecular weight is 453 g/mol. The lowest BCUT2D eigenvalue weighted by Gasteiger charge is -2.34. The predicted octanol–water partition coefficient (Wildman–Crippen LogP) is 3.85. The summed E-state index contributed by atoms with van der Waals surface area (Å²) in [7, 11) is 1.56. The number of rotatable bonds is 7. The first-order valence-electron chi connectivity index (χ1n) is 11.8. The van der Waals surface area contributed by atoms with Crippen LogP contribution in [0.5, 0.6) is 5.75 Å². The third kappa shape index (κ3) is 5.35. The molecule has 1 aromatic heterocycles. The van der Waals surface area contributed by atoms with Gasteiger partial charge in [-0.1, -0.05) is 26.2 Å². The predicted molar refractivity (Wildman–Crippen MR) is 128 cm³/mol. The van der Waals surface area contributed by atoms with Crippen LogP contribution in [-0.4, -0.2) is 48.0 Å². The fraction of sp³-hybridized carbons (Fsp3) is 0.500. The van der Waals surface area contributed by atoms with Crippen molar-refractivity contribution in [2.75, 3.05) is 35.7 Å². The molecule has 1 aliphatic heterocycles. The lowest BCUT2D eigenvalue weighted by molar-refractivity contribution is -0.116. The van der Waals surface area contributed by atoms with Crippen LogP contribution < -0.4 is 25.6 Å². The Bertz CT molecular complexity index is 1010. The zero-order valence-electron chi connectivity index (χ0n) is 19.3. The lowest BCUT2D eigenvalue weighted by Crippen LogP contribution is -2.38. The first-order chi connectivity index (χ1) is 16.1. The van der Waals surface area contributed by atoms with E-state index in [4.69, 9.17) is 9.72 Å². The van der Waals surface area contributed by atoms with E-state index in [1.165, 1.54) is 19.3 Å². The normalized spacial score (nSPS) is 16.4. The number of carbonyl (C=O) groups is 2. The van der Waals surface area contributed by atoms with E-state index < -0.39 is 0 Å². The van der Waals surface area contributed by atoms with Gasteiger partial charge in [0, 0.05) is 31.1 Å². The molecule has 0 radical (unpaired) electrons. The number of hydrogen-bond donors (Lipinski definition) is 3. The second-order valence-corrected chi connectivity index (χ2v) is 8.51. The molecule has 0 spiro atoms. The molecule has 0 bridgehead atoms. The Kier molecular flexibility index (Phi) is 7.26. The Morgan fingerprint density at radius 1 is 1.27 bits per heavy atom. The van der Waals surface area contributed by atoms with Crippen LogP contribution in [-0.2, 0) is 4.79 Å². The van der Waals surface area contributed by atoms with Gasteiger partial charge in [-0.3, -0.25) is 9.59 Å². The van der Waals surface area contributed by atoms with Gasteiger partial charge in [-0.2, -0.15) is 4.98 Å². The summed E-state index contributed by atoms with van der Waals surface area (Å²) in [6.45, 7) is 3.28. The largest absolute Gasteiger partial charge is 0.495 e. The number of aromatic nitrogens is 2. The standard InChI is InChI=1S/C24H32N6O3/c1-3-12-25-23(32)16-9-10-18(20(14-16)33-2)28-24-26-15-19-22(29-24)30(13-11-21(31)27-19)17-7-5-4-6-8-17/h9-10,14-15,17H,3-8,11-13H2,1-2H3,(H,25,32)(H,27,31)(H,26,28,29). The number of ether oxygens (including phenoxy) is 1. The quantitative estimate of drug-likeness (QED) is 0.585. The molecule has 9 nitrogen and oxygen atoms in total. The van der Waals surface area contributed by atoms with Crippen molar-refractivity contribution < 1.29 is 14.3 Å². The summed E-state index contributed by atoms with van der Waals surface area (Å²) in [5, 5.41) is 9.03. The molecular weight excluding hydrogens is 420 g/mol. The Morgan fingerprint density at radius 2 is 2.09 bits per heavy atom. The number of methoxy groups -OCH3 is 1. The van der Waals surface area contributed by atoms with Gasteiger partial charge >= 0.3 is 0 Å². The van der Waals surface area contributed by atoms with Crippen molar-refractivity contribution in [3.63, 3.8) is 0 Å². The Balaban J connectivity index is 1.59. The highest BCUT2D eigenvalue weighted by molar-refractivity contribution is 5.96. The van der Waals surface area contributed by atoms with Gasteiger partial charge in [-0.05, 0) is 37.5 Å². The summed E-state index contributed by atoms with van der Waals surface area (Å²) in [6, 6.07) is 5.61. The van der Waals surface area contributed by atoms with E-state index in [0.717, 1.165) is 25.1 Å². The van der Waals surface area contributed by atoms with E-state index in [9.17, 15) is 9.59 Å². The lowest BCUT2D eigenvalue weighted by atomic mass is 9.94. The monoisotopic (exact) mass is 452 g/mol. The van der Waals surface area contributed by atoms with Crippen LogP contribution >= 0.6 is 0 Å². The van der Waals surface area contributed by atoms with Crippen molar-refractivity contribution in [1.82, 2.24) is 15.3 Å². The number of nitrogens with zero attached hydrogens (tertiary/aromatic N) is 3. The Hall–Kier alpha value is -3.36. The summed E-state index contributed by atoms with van der Waals surface area (Å²) < 4.78 is 5.51. The molecule has 2 amide bonds. The summed E-state index contributed by atoms with van der Waals surface area (Å²) in [5.41, 5.74) is 1.83. The van der Waals surface area contributed by atoms with Crippen molar-refractivity contribution in [2.24, 2.45) is 0 Å². The molecule has 2 heterocycles. The fourth-order valence-electron chi connectivity index (χ4n) is 4.43. The zero-order chi connectivity index (χ0) is 23.2. The van der Waals surface area contributed by atoms with Crippen molar-refractivity contribution in [3.05, 3.63) is 30.0 Å². The molecule has 1 aliphatic carbocycles. The van der Waals surface area contributed by atoms with Crippen molar-refractivity contribution in [3.8, 4) is 5.75 Å². The molecule has 176 valence electrons. The smallest absolute Gasteiger partial charge is 0.251 e. The SMILES string of the molecule is CCCNC(=O)c1ccc(Nc2ncc3c(n2)N(C2CCCCC2)CCC(=O)N3)c(OC)c1. The van der Waals surface area contributed by atoms with Gasteiger partial charge < -0.3 is 25.6 Å². The topological polar surface area (TPSA) is 108 Å². The van der Waals surface area contributed by atoms with Crippen LogP contribution in [0.4, 0.5) is 23.1 Å². The number of nitrogens with one attached hydrogen (secondary N) is 3. The molecule has 1 saturated carbocycles. The average Bonchev–Trinajstić information content (AvgIpc) is 3.01. The van der Waals surface area contributed by atoms with Crippen LogP contribution in [0, 0.1) is 0 Å². The summed E-state index contributed by atoms with van der Waals surface area (Å²) in [5.74, 6) is 1.53. The minimum Gasteiger partial charge on any atom is -0.495 e. The molecule has 0 unspecified atom stereocenters. The first-order valence-corrected chi connectivity index (χ1v) is 11.8. The molecule has 3 N–H and O–H groups in total. The van der Waals surface area contributed by atoms with Gasteiger partial charge in [-0.15, -0.1) is 0 Å². The minimum atomic E-state index is -0.137. The van der Waals surface area contributed by atoms with Gasteiger partial charge in [0.15, 0.2) is 5.82 Å². The van der Waals surface area contributed by atoms with E-state index in [2.05, 4.69) is 25.8 Å². The maximum Gasteiger partial charge on any atom is 0.251 e. The highest BCUT2D eigenvalue weighted by Crippen LogP contribution is 2.34. The molecule has 9 heteroatoms. The van der Waals surface area contributed by atoms with Crippen molar-refractivity contribution >= 4 is 35.0 Å². The molecule has 0 atom stereocenters. The van der Waals surface area contributed by atoms with Gasteiger partial charge in [-0.25, -0.2) is 4.98 Å². The van der Waals surface area contributed by atoms with Gasteiger partial charge in [0.1, 0.15) is 11.4 Å². The third-order valence-electron chi connectivity index (χ3n) is 6.16. The maximum atomic E-state index is 12.3.